The van der Waals surface area contributed by atoms with Gasteiger partial charge in [0.15, 0.2) is 13.2 Å². The Kier molecular flexibility index (Phi) is 11.1. The predicted octanol–water partition coefficient (Wildman–Crippen LogP) is 5.67. The maximum absolute atomic E-state index is 12.1. The first kappa shape index (κ1) is 27.7. The second-order valence-electron chi connectivity index (χ2n) is 8.91. The highest BCUT2D eigenvalue weighted by molar-refractivity contribution is 5.71. The lowest BCUT2D eigenvalue weighted by atomic mass is 10.00. The fourth-order valence-corrected chi connectivity index (χ4v) is 3.14. The summed E-state index contributed by atoms with van der Waals surface area (Å²) in [4.78, 5) is 24.1. The van der Waals surface area contributed by atoms with Crippen LogP contribution in [0.3, 0.4) is 0 Å². The van der Waals surface area contributed by atoms with Crippen LogP contribution in [0, 0.1) is 13.8 Å². The molecule has 0 unspecified atom stereocenters. The molecule has 188 valence electrons. The minimum atomic E-state index is -0.430. The van der Waals surface area contributed by atoms with Gasteiger partial charge < -0.3 is 18.9 Å². The van der Waals surface area contributed by atoms with Crippen LogP contribution in [0.15, 0.2) is 59.7 Å². The van der Waals surface area contributed by atoms with Gasteiger partial charge >= 0.3 is 11.9 Å². The number of benzene rings is 2. The smallest absolute Gasteiger partial charge is 0.344 e. The average molecular weight is 481 g/mol. The van der Waals surface area contributed by atoms with E-state index in [1.165, 1.54) is 0 Å². The van der Waals surface area contributed by atoms with Gasteiger partial charge in [0.05, 0.1) is 0 Å². The summed E-state index contributed by atoms with van der Waals surface area (Å²) < 4.78 is 22.0. The Labute approximate surface area is 208 Å². The van der Waals surface area contributed by atoms with Crippen molar-refractivity contribution in [3.05, 3.63) is 82.0 Å². The zero-order valence-electron chi connectivity index (χ0n) is 21.6. The van der Waals surface area contributed by atoms with E-state index in [2.05, 4.69) is 0 Å². The van der Waals surface area contributed by atoms with Gasteiger partial charge in [0.1, 0.15) is 24.7 Å². The number of hydrogen-bond donors (Lipinski definition) is 0. The van der Waals surface area contributed by atoms with Crippen molar-refractivity contribution >= 4 is 11.9 Å². The monoisotopic (exact) mass is 480 g/mol. The van der Waals surface area contributed by atoms with Gasteiger partial charge in [-0.3, -0.25) is 0 Å². The lowest BCUT2D eigenvalue weighted by molar-refractivity contribution is -0.145. The minimum absolute atomic E-state index is 0.179. The van der Waals surface area contributed by atoms with Crippen molar-refractivity contribution in [3.8, 4) is 11.5 Å². The van der Waals surface area contributed by atoms with Crippen LogP contribution >= 0.6 is 0 Å². The van der Waals surface area contributed by atoms with E-state index in [0.717, 1.165) is 33.4 Å². The molecule has 0 atom stereocenters. The number of allylic oxidation sites excluding steroid dienone is 2. The van der Waals surface area contributed by atoms with E-state index < -0.39 is 11.9 Å². The van der Waals surface area contributed by atoms with Crippen molar-refractivity contribution in [1.29, 1.82) is 0 Å². The van der Waals surface area contributed by atoms with Crippen LogP contribution in [-0.4, -0.2) is 38.4 Å². The molecule has 0 aliphatic carbocycles. The second kappa shape index (κ2) is 14.0. The molecule has 0 bridgehead atoms. The van der Waals surface area contributed by atoms with Gasteiger partial charge in [0, 0.05) is 6.42 Å². The predicted molar refractivity (Wildman–Crippen MR) is 137 cm³/mol. The summed E-state index contributed by atoms with van der Waals surface area (Å²) in [6, 6.07) is 11.6. The lowest BCUT2D eigenvalue weighted by Crippen LogP contribution is -2.16. The van der Waals surface area contributed by atoms with Crippen LogP contribution < -0.4 is 9.47 Å². The summed E-state index contributed by atoms with van der Waals surface area (Å²) in [7, 11) is 0. The van der Waals surface area contributed by atoms with E-state index in [0.29, 0.717) is 17.9 Å². The van der Waals surface area contributed by atoms with Gasteiger partial charge in [0.25, 0.3) is 0 Å². The van der Waals surface area contributed by atoms with Crippen molar-refractivity contribution in [2.24, 2.45) is 0 Å². The molecule has 0 radical (unpaired) electrons. The first-order valence-electron chi connectivity index (χ1n) is 11.7. The zero-order valence-corrected chi connectivity index (χ0v) is 21.6. The molecule has 0 aliphatic rings. The first-order valence-corrected chi connectivity index (χ1v) is 11.7. The fraction of sp³-hybridized carbons (Fsp3) is 0.379. The third kappa shape index (κ3) is 10.5. The molecule has 2 aromatic rings. The number of carbonyl (C=O) groups excluding carboxylic acids is 2. The van der Waals surface area contributed by atoms with Crippen molar-refractivity contribution in [2.75, 3.05) is 26.4 Å². The summed E-state index contributed by atoms with van der Waals surface area (Å²) in [6.07, 6.45) is 4.19. The fourth-order valence-electron chi connectivity index (χ4n) is 3.14. The standard InChI is InChI=1S/C29H36O6/c1-20(2)11-13-32-28(30)18-34-26-9-7-22(5)15-24(26)17-25-16-23(6)8-10-27(25)35-19-29(31)33-14-12-21(3)4/h7-12,15-16H,13-14,17-19H2,1-6H3. The maximum Gasteiger partial charge on any atom is 0.344 e. The Bertz CT molecular complexity index is 987. The number of ether oxygens (including phenoxy) is 4. The molecule has 0 saturated carbocycles. The first-order chi connectivity index (χ1) is 16.6. The highest BCUT2D eigenvalue weighted by atomic mass is 16.6. The normalized spacial score (nSPS) is 10.2. The quantitative estimate of drug-likeness (QED) is 0.288. The molecular formula is C29H36O6. The van der Waals surface area contributed by atoms with Crippen LogP contribution in [0.1, 0.15) is 49.9 Å². The van der Waals surface area contributed by atoms with Crippen LogP contribution in [0.2, 0.25) is 0 Å². The average Bonchev–Trinajstić information content (AvgIpc) is 2.77. The van der Waals surface area contributed by atoms with E-state index >= 15 is 0 Å². The van der Waals surface area contributed by atoms with Crippen molar-refractivity contribution in [1.82, 2.24) is 0 Å². The Balaban J connectivity index is 2.10. The third-order valence-corrected chi connectivity index (χ3v) is 4.98. The molecule has 0 fully saturated rings. The molecule has 2 aromatic carbocycles. The van der Waals surface area contributed by atoms with E-state index in [1.54, 1.807) is 0 Å². The molecule has 35 heavy (non-hydrogen) atoms. The molecule has 0 aliphatic heterocycles. The maximum atomic E-state index is 12.1. The van der Waals surface area contributed by atoms with Crippen molar-refractivity contribution < 1.29 is 28.5 Å². The largest absolute Gasteiger partial charge is 0.482 e. The summed E-state index contributed by atoms with van der Waals surface area (Å²) in [5, 5.41) is 0. The van der Waals surface area contributed by atoms with E-state index in [4.69, 9.17) is 18.9 Å². The highest BCUT2D eigenvalue weighted by Crippen LogP contribution is 2.28. The zero-order chi connectivity index (χ0) is 25.8. The van der Waals surface area contributed by atoms with Gasteiger partial charge in [-0.1, -0.05) is 46.5 Å². The molecular weight excluding hydrogens is 444 g/mol. The van der Waals surface area contributed by atoms with Crippen LogP contribution in [0.25, 0.3) is 0 Å². The Hall–Kier alpha value is -3.54. The molecule has 0 aromatic heterocycles. The SMILES string of the molecule is CC(C)=CCOC(=O)COc1ccc(C)cc1Cc1cc(C)ccc1OCC(=O)OCC=C(C)C. The molecule has 6 heteroatoms. The number of carbonyl (C=O) groups is 2. The Morgan fingerprint density at radius 2 is 1.09 bits per heavy atom. The molecule has 2 rings (SSSR count). The van der Waals surface area contributed by atoms with Crippen molar-refractivity contribution in [2.45, 2.75) is 48.0 Å². The lowest BCUT2D eigenvalue weighted by Gasteiger charge is -2.15. The topological polar surface area (TPSA) is 71.1 Å². The van der Waals surface area contributed by atoms with E-state index in [9.17, 15) is 9.59 Å². The van der Waals surface area contributed by atoms with Crippen LogP contribution in [0.4, 0.5) is 0 Å². The van der Waals surface area contributed by atoms with E-state index in [-0.39, 0.29) is 26.4 Å². The van der Waals surface area contributed by atoms with Gasteiger partial charge in [-0.2, -0.15) is 0 Å². The summed E-state index contributed by atoms with van der Waals surface area (Å²) in [5.74, 6) is 0.340. The number of esters is 2. The molecule has 0 heterocycles. The minimum Gasteiger partial charge on any atom is -0.482 e. The van der Waals surface area contributed by atoms with Crippen LogP contribution in [0.5, 0.6) is 11.5 Å². The molecule has 6 nitrogen and oxygen atoms in total. The summed E-state index contributed by atoms with van der Waals surface area (Å²) in [6.45, 7) is 11.9. The highest BCUT2D eigenvalue weighted by Gasteiger charge is 2.13. The van der Waals surface area contributed by atoms with Gasteiger partial charge in [-0.25, -0.2) is 9.59 Å². The molecule has 0 amide bonds. The molecule has 0 N–H and O–H groups in total. The summed E-state index contributed by atoms with van der Waals surface area (Å²) in [5.41, 5.74) is 6.11. The van der Waals surface area contributed by atoms with Gasteiger partial charge in [0.2, 0.25) is 0 Å². The summed E-state index contributed by atoms with van der Waals surface area (Å²) >= 11 is 0. The van der Waals surface area contributed by atoms with Gasteiger partial charge in [-0.15, -0.1) is 0 Å². The van der Waals surface area contributed by atoms with Gasteiger partial charge in [-0.05, 0) is 77.0 Å². The number of hydrogen-bond acceptors (Lipinski definition) is 6. The number of aryl methyl sites for hydroxylation is 2. The number of rotatable bonds is 12. The van der Waals surface area contributed by atoms with Crippen LogP contribution in [-0.2, 0) is 25.5 Å². The third-order valence-electron chi connectivity index (χ3n) is 4.98. The Morgan fingerprint density at radius 3 is 1.46 bits per heavy atom. The van der Waals surface area contributed by atoms with Crippen molar-refractivity contribution in [3.63, 3.8) is 0 Å². The van der Waals surface area contributed by atoms with E-state index in [1.807, 2.05) is 90.1 Å². The second-order valence-corrected chi connectivity index (χ2v) is 8.91. The molecule has 0 spiro atoms. The molecule has 0 saturated heterocycles. The Morgan fingerprint density at radius 1 is 0.686 bits per heavy atom.